The van der Waals surface area contributed by atoms with Gasteiger partial charge < -0.3 is 4.90 Å². The zero-order chi connectivity index (χ0) is 30.2. The maximum Gasteiger partial charge on any atom is 0.160 e. The van der Waals surface area contributed by atoms with Crippen LogP contribution in [0, 0.1) is 0 Å². The summed E-state index contributed by atoms with van der Waals surface area (Å²) >= 11 is 1.84. The van der Waals surface area contributed by atoms with E-state index in [1.807, 2.05) is 47.7 Å². The second-order valence-corrected chi connectivity index (χ2v) is 12.2. The highest BCUT2D eigenvalue weighted by Crippen LogP contribution is 2.44. The summed E-state index contributed by atoms with van der Waals surface area (Å²) in [5.74, 6) is 0.716. The van der Waals surface area contributed by atoms with Crippen LogP contribution in [0.5, 0.6) is 0 Å². The van der Waals surface area contributed by atoms with E-state index in [2.05, 4.69) is 127 Å². The van der Waals surface area contributed by atoms with Gasteiger partial charge in [-0.05, 0) is 35.9 Å². The molecule has 8 rings (SSSR count). The first kappa shape index (κ1) is 27.0. The minimum absolute atomic E-state index is 0.716. The van der Waals surface area contributed by atoms with Crippen molar-refractivity contribution in [2.75, 3.05) is 11.4 Å². The number of hydrogen-bond acceptors (Lipinski definition) is 4. The molecule has 5 aromatic carbocycles. The average molecular weight is 596 g/mol. The molecule has 45 heavy (non-hydrogen) atoms. The van der Waals surface area contributed by atoms with E-state index < -0.39 is 0 Å². The van der Waals surface area contributed by atoms with Crippen LogP contribution in [0.15, 0.2) is 158 Å². The van der Waals surface area contributed by atoms with Gasteiger partial charge >= 0.3 is 0 Å². The van der Waals surface area contributed by atoms with Crippen molar-refractivity contribution < 1.29 is 0 Å². The number of aromatic nitrogens is 2. The summed E-state index contributed by atoms with van der Waals surface area (Å²) in [6.45, 7) is 5.25. The van der Waals surface area contributed by atoms with Crippen LogP contribution in [0.1, 0.15) is 5.56 Å². The van der Waals surface area contributed by atoms with Crippen molar-refractivity contribution >= 4 is 48.5 Å². The Balaban J connectivity index is 1.23. The van der Waals surface area contributed by atoms with E-state index in [4.69, 9.17) is 9.97 Å². The van der Waals surface area contributed by atoms with Crippen LogP contribution in [-0.4, -0.2) is 16.5 Å². The Hall–Kier alpha value is -5.58. The summed E-state index contributed by atoms with van der Waals surface area (Å²) < 4.78 is 2.57. The van der Waals surface area contributed by atoms with Crippen molar-refractivity contribution in [1.82, 2.24) is 9.97 Å². The van der Waals surface area contributed by atoms with Gasteiger partial charge in [-0.1, -0.05) is 128 Å². The first-order valence-corrected chi connectivity index (χ1v) is 15.9. The minimum atomic E-state index is 0.716. The van der Waals surface area contributed by atoms with Crippen LogP contribution in [0.2, 0.25) is 0 Å². The summed E-state index contributed by atoms with van der Waals surface area (Å²) in [7, 11) is 0. The highest BCUT2D eigenvalue weighted by molar-refractivity contribution is 7.26. The average Bonchev–Trinajstić information content (AvgIpc) is 3.51. The Morgan fingerprint density at radius 2 is 1.29 bits per heavy atom. The van der Waals surface area contributed by atoms with Crippen molar-refractivity contribution in [3.05, 3.63) is 164 Å². The number of rotatable bonds is 4. The molecule has 3 heterocycles. The third-order valence-electron chi connectivity index (χ3n) is 8.27. The van der Waals surface area contributed by atoms with Gasteiger partial charge in [0.15, 0.2) is 5.82 Å². The number of anilines is 2. The van der Waals surface area contributed by atoms with Crippen LogP contribution < -0.4 is 4.90 Å². The van der Waals surface area contributed by atoms with Crippen LogP contribution in [-0.2, 0) is 0 Å². The smallest absolute Gasteiger partial charge is 0.160 e. The number of allylic oxidation sites excluding steroid dienone is 4. The van der Waals surface area contributed by atoms with Crippen LogP contribution in [0.25, 0.3) is 59.6 Å². The fraction of sp³-hybridized carbons (Fsp3) is 0.0244. The van der Waals surface area contributed by atoms with Crippen LogP contribution in [0.4, 0.5) is 11.4 Å². The Morgan fingerprint density at radius 3 is 2.04 bits per heavy atom. The zero-order valence-corrected chi connectivity index (χ0v) is 25.4. The third-order valence-corrected chi connectivity index (χ3v) is 9.48. The molecule has 1 aliphatic rings. The molecule has 0 bridgehead atoms. The van der Waals surface area contributed by atoms with Gasteiger partial charge in [0.1, 0.15) is 0 Å². The zero-order valence-electron chi connectivity index (χ0n) is 24.6. The predicted octanol–water partition coefficient (Wildman–Crippen LogP) is 11.1. The van der Waals surface area contributed by atoms with Gasteiger partial charge in [-0.25, -0.2) is 9.97 Å². The monoisotopic (exact) mass is 595 g/mol. The molecule has 0 spiro atoms. The number of nitrogens with zero attached hydrogens (tertiary/aromatic N) is 3. The summed E-state index contributed by atoms with van der Waals surface area (Å²) in [5.41, 5.74) is 9.37. The molecule has 0 saturated carbocycles. The lowest BCUT2D eigenvalue weighted by molar-refractivity contribution is 1.10. The number of hydrogen-bond donors (Lipinski definition) is 0. The molecule has 0 N–H and O–H groups in total. The number of fused-ring (bicyclic) bond motifs is 5. The van der Waals surface area contributed by atoms with Gasteiger partial charge in [0.2, 0.25) is 0 Å². The van der Waals surface area contributed by atoms with Crippen LogP contribution >= 0.6 is 11.3 Å². The predicted molar refractivity (Wildman–Crippen MR) is 192 cm³/mol. The minimum Gasteiger partial charge on any atom is -0.337 e. The second-order valence-electron chi connectivity index (χ2n) is 11.1. The van der Waals surface area contributed by atoms with Gasteiger partial charge in [0, 0.05) is 54.7 Å². The molecule has 3 nitrogen and oxygen atoms in total. The van der Waals surface area contributed by atoms with Gasteiger partial charge in [0.25, 0.3) is 0 Å². The molecule has 0 amide bonds. The van der Waals surface area contributed by atoms with E-state index in [1.54, 1.807) is 0 Å². The lowest BCUT2D eigenvalue weighted by Crippen LogP contribution is -2.18. The summed E-state index contributed by atoms with van der Waals surface area (Å²) in [4.78, 5) is 12.4. The van der Waals surface area contributed by atoms with Crippen molar-refractivity contribution in [2.45, 2.75) is 0 Å². The van der Waals surface area contributed by atoms with Crippen molar-refractivity contribution in [1.29, 1.82) is 0 Å². The molecular weight excluding hydrogens is 567 g/mol. The van der Waals surface area contributed by atoms with E-state index in [0.29, 0.717) is 5.82 Å². The van der Waals surface area contributed by atoms with Gasteiger partial charge in [0.05, 0.1) is 17.1 Å². The highest BCUT2D eigenvalue weighted by atomic mass is 32.1. The SMILES string of the molecule is C=C1/C=C\C=C/CN(c2ccc(-c3cc(-c4ccccc4)nc(-c4ccccc4)n3)cc2)c2ccc3c(sc4ccccc43)c21. The first-order valence-electron chi connectivity index (χ1n) is 15.1. The maximum absolute atomic E-state index is 5.03. The van der Waals surface area contributed by atoms with E-state index in [1.165, 1.54) is 25.7 Å². The number of thiophene rings is 1. The van der Waals surface area contributed by atoms with Crippen molar-refractivity contribution in [3.8, 4) is 33.9 Å². The molecular formula is C41H29N3S. The second kappa shape index (κ2) is 11.5. The highest BCUT2D eigenvalue weighted by Gasteiger charge is 2.20. The van der Waals surface area contributed by atoms with Crippen LogP contribution in [0.3, 0.4) is 0 Å². The van der Waals surface area contributed by atoms with E-state index in [9.17, 15) is 0 Å². The molecule has 1 aliphatic heterocycles. The largest absolute Gasteiger partial charge is 0.337 e. The van der Waals surface area contributed by atoms with Gasteiger partial charge in [-0.15, -0.1) is 11.3 Å². The topological polar surface area (TPSA) is 29.0 Å². The molecule has 4 heteroatoms. The molecule has 7 aromatic rings. The maximum atomic E-state index is 5.03. The quantitative estimate of drug-likeness (QED) is 0.203. The summed E-state index contributed by atoms with van der Waals surface area (Å²) in [6.07, 6.45) is 8.52. The fourth-order valence-corrected chi connectivity index (χ4v) is 7.32. The van der Waals surface area contributed by atoms with E-state index in [-0.39, 0.29) is 0 Å². The molecule has 214 valence electrons. The molecule has 0 radical (unpaired) electrons. The molecule has 2 aromatic heterocycles. The first-order chi connectivity index (χ1) is 22.2. The molecule has 0 fully saturated rings. The van der Waals surface area contributed by atoms with Crippen molar-refractivity contribution in [2.24, 2.45) is 0 Å². The summed E-state index contributed by atoms with van der Waals surface area (Å²) in [5, 5.41) is 2.57. The lowest BCUT2D eigenvalue weighted by Gasteiger charge is -2.27. The Morgan fingerprint density at radius 1 is 0.622 bits per heavy atom. The molecule has 0 saturated heterocycles. The Bertz CT molecular complexity index is 2190. The van der Waals surface area contributed by atoms with Crippen molar-refractivity contribution in [3.63, 3.8) is 0 Å². The van der Waals surface area contributed by atoms with Gasteiger partial charge in [-0.2, -0.15) is 0 Å². The normalized spacial score (nSPS) is 14.5. The van der Waals surface area contributed by atoms with E-state index >= 15 is 0 Å². The molecule has 0 atom stereocenters. The lowest BCUT2D eigenvalue weighted by atomic mass is 10.00. The third kappa shape index (κ3) is 5.05. The molecule has 0 aliphatic carbocycles. The number of benzene rings is 5. The fourth-order valence-electron chi connectivity index (χ4n) is 6.04. The standard InChI is InChI=1S/C41H29N3S/c1-28-13-5-4-12-26-44(37-25-24-34-33-18-10-11-19-38(33)45-40(34)39(28)37)32-22-20-30(21-23-32)36-27-35(29-14-6-2-7-15-29)42-41(43-36)31-16-8-3-9-17-31/h2-25,27H,1,26H2/b12-4-,13-5-. The van der Waals surface area contributed by atoms with Gasteiger partial charge in [-0.3, -0.25) is 0 Å². The summed E-state index contributed by atoms with van der Waals surface area (Å²) in [6, 6.07) is 44.5. The molecule has 0 unspecified atom stereocenters. The van der Waals surface area contributed by atoms with E-state index in [0.717, 1.165) is 51.6 Å². The Labute approximate surface area is 266 Å². The Kier molecular flexibility index (Phi) is 6.90.